The minimum atomic E-state index is -0.834. The summed E-state index contributed by atoms with van der Waals surface area (Å²) in [5, 5.41) is 0. The lowest BCUT2D eigenvalue weighted by Crippen LogP contribution is -2.03. The normalized spacial score (nSPS) is 11.1. The molecular weight excluding hydrogens is 359 g/mol. The molecule has 27 heavy (non-hydrogen) atoms. The van der Waals surface area contributed by atoms with Crippen LogP contribution in [-0.4, -0.2) is 0 Å². The molecule has 0 aliphatic heterocycles. The van der Waals surface area contributed by atoms with Gasteiger partial charge in [0.05, 0.1) is 0 Å². The largest absolute Gasteiger partial charge is 0.207 e. The van der Waals surface area contributed by atoms with E-state index in [9.17, 15) is 22.0 Å². The third kappa shape index (κ3) is 4.18. The Morgan fingerprint density at radius 1 is 0.593 bits per heavy atom. The lowest BCUT2D eigenvalue weighted by atomic mass is 9.98. The fourth-order valence-electron chi connectivity index (χ4n) is 2.95. The number of benzene rings is 3. The summed E-state index contributed by atoms with van der Waals surface area (Å²) in [4.78, 5) is 0. The van der Waals surface area contributed by atoms with E-state index in [1.165, 1.54) is 13.0 Å². The number of hydrogen-bond donors (Lipinski definition) is 0. The number of rotatable bonds is 4. The van der Waals surface area contributed by atoms with E-state index in [0.717, 1.165) is 29.8 Å². The van der Waals surface area contributed by atoms with Gasteiger partial charge in [-0.2, -0.15) is 0 Å². The van der Waals surface area contributed by atoms with Gasteiger partial charge in [0.1, 0.15) is 29.1 Å². The molecule has 0 saturated heterocycles. The Kier molecular flexibility index (Phi) is 5.31. The second-order valence-electron chi connectivity index (χ2n) is 6.67. The van der Waals surface area contributed by atoms with Crippen molar-refractivity contribution in [1.82, 2.24) is 0 Å². The molecule has 5 heteroatoms. The molecule has 0 fully saturated rings. The lowest BCUT2D eigenvalue weighted by Gasteiger charge is -2.10. The van der Waals surface area contributed by atoms with Gasteiger partial charge in [-0.15, -0.1) is 0 Å². The Hall–Kier alpha value is -2.69. The molecule has 0 aliphatic rings. The van der Waals surface area contributed by atoms with E-state index < -0.39 is 29.1 Å². The molecule has 0 spiro atoms. The van der Waals surface area contributed by atoms with E-state index in [1.54, 1.807) is 19.1 Å². The molecule has 0 heterocycles. The number of halogens is 5. The van der Waals surface area contributed by atoms with Crippen molar-refractivity contribution in [2.45, 2.75) is 26.7 Å². The van der Waals surface area contributed by atoms with E-state index in [4.69, 9.17) is 0 Å². The van der Waals surface area contributed by atoms with Crippen molar-refractivity contribution in [2.75, 3.05) is 0 Å². The summed E-state index contributed by atoms with van der Waals surface area (Å²) in [7, 11) is 0. The van der Waals surface area contributed by atoms with Gasteiger partial charge in [-0.1, -0.05) is 12.1 Å². The molecule has 3 rings (SSSR count). The Labute approximate surface area is 154 Å². The summed E-state index contributed by atoms with van der Waals surface area (Å²) < 4.78 is 70.1. The maximum atomic E-state index is 14.4. The van der Waals surface area contributed by atoms with Crippen LogP contribution in [0.15, 0.2) is 42.5 Å². The van der Waals surface area contributed by atoms with Crippen LogP contribution in [-0.2, 0) is 12.8 Å². The lowest BCUT2D eigenvalue weighted by molar-refractivity contribution is 0.551. The molecule has 0 aliphatic carbocycles. The van der Waals surface area contributed by atoms with E-state index in [1.807, 2.05) is 0 Å². The fourth-order valence-corrected chi connectivity index (χ4v) is 2.95. The zero-order valence-electron chi connectivity index (χ0n) is 14.8. The van der Waals surface area contributed by atoms with Crippen LogP contribution in [0.2, 0.25) is 0 Å². The van der Waals surface area contributed by atoms with Crippen molar-refractivity contribution in [3.63, 3.8) is 0 Å². The SMILES string of the molecule is Cc1ccc(Cc2cc(F)c(Cc3cc(F)c(C)c(F)c3)c(F)c2)c(F)c1. The maximum absolute atomic E-state index is 14.4. The van der Waals surface area contributed by atoms with Crippen molar-refractivity contribution < 1.29 is 22.0 Å². The van der Waals surface area contributed by atoms with Crippen molar-refractivity contribution in [1.29, 1.82) is 0 Å². The van der Waals surface area contributed by atoms with Gasteiger partial charge in [0.15, 0.2) is 0 Å². The zero-order valence-corrected chi connectivity index (χ0v) is 14.8. The van der Waals surface area contributed by atoms with Gasteiger partial charge in [-0.25, -0.2) is 22.0 Å². The highest BCUT2D eigenvalue weighted by Crippen LogP contribution is 2.24. The average molecular weight is 376 g/mol. The Balaban J connectivity index is 1.89. The van der Waals surface area contributed by atoms with Crippen LogP contribution in [0.25, 0.3) is 0 Å². The van der Waals surface area contributed by atoms with E-state index in [2.05, 4.69) is 0 Å². The van der Waals surface area contributed by atoms with Crippen molar-refractivity contribution >= 4 is 0 Å². The fraction of sp³-hybridized carbons (Fsp3) is 0.182. The van der Waals surface area contributed by atoms with Crippen LogP contribution >= 0.6 is 0 Å². The molecule has 0 N–H and O–H groups in total. The van der Waals surface area contributed by atoms with Gasteiger partial charge in [-0.3, -0.25) is 0 Å². The first kappa shape index (κ1) is 19.1. The first-order chi connectivity index (χ1) is 12.7. The highest BCUT2D eigenvalue weighted by molar-refractivity contribution is 5.36. The summed E-state index contributed by atoms with van der Waals surface area (Å²) in [6.45, 7) is 3.03. The van der Waals surface area contributed by atoms with Gasteiger partial charge in [0.2, 0.25) is 0 Å². The van der Waals surface area contributed by atoms with E-state index in [0.29, 0.717) is 5.56 Å². The Bertz CT molecular complexity index is 962. The molecule has 140 valence electrons. The van der Waals surface area contributed by atoms with Crippen molar-refractivity contribution in [3.8, 4) is 0 Å². The quantitative estimate of drug-likeness (QED) is 0.477. The predicted octanol–water partition coefficient (Wildman–Crippen LogP) is 6.18. The molecule has 3 aromatic carbocycles. The second kappa shape index (κ2) is 7.51. The summed E-state index contributed by atoms with van der Waals surface area (Å²) in [6, 6.07) is 9.03. The molecule has 0 atom stereocenters. The minimum absolute atomic E-state index is 0.0357. The molecule has 0 saturated carbocycles. The van der Waals surface area contributed by atoms with Crippen molar-refractivity contribution in [2.24, 2.45) is 0 Å². The zero-order chi connectivity index (χ0) is 19.7. The standard InChI is InChI=1S/C22H17F5/c1-12-3-4-16(20(25)5-12)6-14-10-21(26)17(22(27)11-14)7-15-8-18(23)13(2)19(24)9-15/h3-5,8-11H,6-7H2,1-2H3. The van der Waals surface area contributed by atoms with Crippen LogP contribution < -0.4 is 0 Å². The minimum Gasteiger partial charge on any atom is -0.207 e. The highest BCUT2D eigenvalue weighted by atomic mass is 19.1. The second-order valence-corrected chi connectivity index (χ2v) is 6.67. The van der Waals surface area contributed by atoms with Gasteiger partial charge >= 0.3 is 0 Å². The monoisotopic (exact) mass is 376 g/mol. The van der Waals surface area contributed by atoms with Gasteiger partial charge in [0, 0.05) is 24.0 Å². The molecule has 0 unspecified atom stereocenters. The Morgan fingerprint density at radius 2 is 1.11 bits per heavy atom. The molecule has 0 aromatic heterocycles. The van der Waals surface area contributed by atoms with E-state index in [-0.39, 0.29) is 35.1 Å². The topological polar surface area (TPSA) is 0 Å². The predicted molar refractivity (Wildman–Crippen MR) is 94.2 cm³/mol. The summed E-state index contributed by atoms with van der Waals surface area (Å²) in [5.74, 6) is -3.64. The van der Waals surface area contributed by atoms with E-state index >= 15 is 0 Å². The van der Waals surface area contributed by atoms with Crippen molar-refractivity contribution in [3.05, 3.63) is 105 Å². The summed E-state index contributed by atoms with van der Waals surface area (Å²) in [5.41, 5.74) is 1.06. The third-order valence-corrected chi connectivity index (χ3v) is 4.53. The summed E-state index contributed by atoms with van der Waals surface area (Å²) >= 11 is 0. The smallest absolute Gasteiger partial charge is 0.129 e. The summed E-state index contributed by atoms with van der Waals surface area (Å²) in [6.07, 6.45) is -0.251. The average Bonchev–Trinajstić information content (AvgIpc) is 2.58. The number of aryl methyl sites for hydroxylation is 1. The van der Waals surface area contributed by atoms with Crippen LogP contribution in [0.3, 0.4) is 0 Å². The first-order valence-electron chi connectivity index (χ1n) is 8.41. The Morgan fingerprint density at radius 3 is 1.67 bits per heavy atom. The van der Waals surface area contributed by atoms with Crippen LogP contribution in [0, 0.1) is 42.9 Å². The van der Waals surface area contributed by atoms with Crippen LogP contribution in [0.5, 0.6) is 0 Å². The molecule has 0 radical (unpaired) electrons. The molecular formula is C22H17F5. The maximum Gasteiger partial charge on any atom is 0.129 e. The number of hydrogen-bond acceptors (Lipinski definition) is 0. The molecule has 0 amide bonds. The molecule has 0 bridgehead atoms. The van der Waals surface area contributed by atoms with Crippen LogP contribution in [0.4, 0.5) is 22.0 Å². The van der Waals surface area contributed by atoms with Crippen LogP contribution in [0.1, 0.15) is 33.4 Å². The third-order valence-electron chi connectivity index (χ3n) is 4.53. The first-order valence-corrected chi connectivity index (χ1v) is 8.41. The van der Waals surface area contributed by atoms with Gasteiger partial charge in [0.25, 0.3) is 0 Å². The molecule has 0 nitrogen and oxygen atoms in total. The molecule has 3 aromatic rings. The van der Waals surface area contributed by atoms with Gasteiger partial charge in [-0.05, 0) is 66.4 Å². The van der Waals surface area contributed by atoms with Gasteiger partial charge < -0.3 is 0 Å². The highest BCUT2D eigenvalue weighted by Gasteiger charge is 2.15.